The molecule has 0 amide bonds. The number of Topliss-reactive ketones (excluding diaryl/α,β-unsaturated/α-hetero) is 1. The minimum atomic E-state index is -1.55. The average molecular weight is 272 g/mol. The third-order valence-corrected chi connectivity index (χ3v) is 3.05. The van der Waals surface area contributed by atoms with Crippen LogP contribution in [0.15, 0.2) is 0 Å². The first-order chi connectivity index (χ1) is 8.96. The Kier molecular flexibility index (Phi) is 5.47. The minimum absolute atomic E-state index is 0.0968. The smallest absolute Gasteiger partial charge is 0.328 e. The Balaban J connectivity index is 2.92. The van der Waals surface area contributed by atoms with Crippen LogP contribution in [0.25, 0.3) is 0 Å². The molecule has 1 rings (SSSR count). The van der Waals surface area contributed by atoms with Crippen LogP contribution in [0.2, 0.25) is 0 Å². The van der Waals surface area contributed by atoms with Gasteiger partial charge in [-0.15, -0.1) is 0 Å². The van der Waals surface area contributed by atoms with Crippen LogP contribution in [0.1, 0.15) is 33.6 Å². The number of hydrogen-bond acceptors (Lipinski definition) is 6. The summed E-state index contributed by atoms with van der Waals surface area (Å²) < 4.78 is 14.9. The second-order valence-electron chi connectivity index (χ2n) is 4.48. The van der Waals surface area contributed by atoms with Gasteiger partial charge in [0.25, 0.3) is 0 Å². The number of esters is 2. The molecule has 0 radical (unpaired) electrons. The molecule has 0 aromatic heterocycles. The van der Waals surface area contributed by atoms with Gasteiger partial charge in [-0.2, -0.15) is 0 Å². The van der Waals surface area contributed by atoms with Crippen molar-refractivity contribution in [2.75, 3.05) is 19.8 Å². The van der Waals surface area contributed by atoms with E-state index in [1.807, 2.05) is 0 Å². The molecule has 0 aliphatic carbocycles. The quantitative estimate of drug-likeness (QED) is 0.527. The molecule has 1 fully saturated rings. The lowest BCUT2D eigenvalue weighted by atomic mass is 9.88. The monoisotopic (exact) mass is 272 g/mol. The third-order valence-electron chi connectivity index (χ3n) is 3.05. The summed E-state index contributed by atoms with van der Waals surface area (Å²) in [4.78, 5) is 36.0. The van der Waals surface area contributed by atoms with Gasteiger partial charge in [0.15, 0.2) is 5.78 Å². The van der Waals surface area contributed by atoms with Crippen LogP contribution < -0.4 is 0 Å². The SMILES string of the molecule is CCOC(=O)C(C(=O)OCC)C(=O)C1(C)CCCO1. The zero-order valence-corrected chi connectivity index (χ0v) is 11.6. The van der Waals surface area contributed by atoms with Gasteiger partial charge in [-0.3, -0.25) is 14.4 Å². The zero-order valence-electron chi connectivity index (χ0n) is 11.6. The fourth-order valence-corrected chi connectivity index (χ4v) is 2.04. The van der Waals surface area contributed by atoms with Crippen LogP contribution in [0.5, 0.6) is 0 Å². The fourth-order valence-electron chi connectivity index (χ4n) is 2.04. The van der Waals surface area contributed by atoms with Gasteiger partial charge in [-0.25, -0.2) is 0 Å². The van der Waals surface area contributed by atoms with Gasteiger partial charge in [0.05, 0.1) is 13.2 Å². The van der Waals surface area contributed by atoms with E-state index in [4.69, 9.17) is 14.2 Å². The number of ether oxygens (including phenoxy) is 3. The number of hydrogen-bond donors (Lipinski definition) is 0. The van der Waals surface area contributed by atoms with Crippen LogP contribution in [0, 0.1) is 5.92 Å². The van der Waals surface area contributed by atoms with Crippen LogP contribution in [0.4, 0.5) is 0 Å². The largest absolute Gasteiger partial charge is 0.465 e. The molecular weight excluding hydrogens is 252 g/mol. The topological polar surface area (TPSA) is 78.9 Å². The van der Waals surface area contributed by atoms with E-state index in [2.05, 4.69) is 0 Å². The van der Waals surface area contributed by atoms with Crippen LogP contribution in [-0.4, -0.2) is 43.1 Å². The predicted molar refractivity (Wildman–Crippen MR) is 65.4 cm³/mol. The van der Waals surface area contributed by atoms with E-state index in [0.717, 1.165) is 6.42 Å². The van der Waals surface area contributed by atoms with Crippen molar-refractivity contribution in [2.45, 2.75) is 39.2 Å². The Morgan fingerprint density at radius 3 is 2.05 bits per heavy atom. The molecule has 6 heteroatoms. The van der Waals surface area contributed by atoms with Crippen molar-refractivity contribution >= 4 is 17.7 Å². The lowest BCUT2D eigenvalue weighted by Gasteiger charge is -2.25. The number of carbonyl (C=O) groups excluding carboxylic acids is 3. The maximum atomic E-state index is 12.4. The van der Waals surface area contributed by atoms with E-state index in [9.17, 15) is 14.4 Å². The molecule has 0 bridgehead atoms. The Bertz CT molecular complexity index is 338. The molecule has 0 aromatic rings. The Morgan fingerprint density at radius 2 is 1.68 bits per heavy atom. The lowest BCUT2D eigenvalue weighted by molar-refractivity contribution is -0.169. The van der Waals surface area contributed by atoms with Crippen LogP contribution >= 0.6 is 0 Å². The number of carbonyl (C=O) groups is 3. The van der Waals surface area contributed by atoms with Crippen LogP contribution in [-0.2, 0) is 28.6 Å². The Hall–Kier alpha value is -1.43. The highest BCUT2D eigenvalue weighted by atomic mass is 16.6. The van der Waals surface area contributed by atoms with Gasteiger partial charge in [-0.1, -0.05) is 0 Å². The number of rotatable bonds is 6. The normalized spacial score (nSPS) is 22.3. The van der Waals surface area contributed by atoms with Gasteiger partial charge in [-0.05, 0) is 33.6 Å². The molecule has 1 aliphatic heterocycles. The molecule has 1 saturated heterocycles. The molecule has 19 heavy (non-hydrogen) atoms. The highest BCUT2D eigenvalue weighted by Gasteiger charge is 2.48. The van der Waals surface area contributed by atoms with E-state index in [1.165, 1.54) is 0 Å². The van der Waals surface area contributed by atoms with E-state index in [-0.39, 0.29) is 13.2 Å². The molecule has 108 valence electrons. The van der Waals surface area contributed by atoms with Crippen molar-refractivity contribution < 1.29 is 28.6 Å². The summed E-state index contributed by atoms with van der Waals surface area (Å²) in [7, 11) is 0. The highest BCUT2D eigenvalue weighted by molar-refractivity contribution is 6.17. The van der Waals surface area contributed by atoms with Crippen molar-refractivity contribution in [1.29, 1.82) is 0 Å². The first-order valence-electron chi connectivity index (χ1n) is 6.47. The van der Waals surface area contributed by atoms with Gasteiger partial charge in [0.2, 0.25) is 5.92 Å². The molecule has 1 unspecified atom stereocenters. The van der Waals surface area contributed by atoms with Gasteiger partial charge in [0.1, 0.15) is 5.60 Å². The van der Waals surface area contributed by atoms with Crippen molar-refractivity contribution in [3.63, 3.8) is 0 Å². The summed E-state index contributed by atoms with van der Waals surface area (Å²) in [5, 5.41) is 0. The third kappa shape index (κ3) is 3.53. The molecule has 0 N–H and O–H groups in total. The second kappa shape index (κ2) is 6.65. The summed E-state index contributed by atoms with van der Waals surface area (Å²) in [6.07, 6.45) is 1.21. The highest BCUT2D eigenvalue weighted by Crippen LogP contribution is 2.29. The zero-order chi connectivity index (χ0) is 14.5. The molecule has 6 nitrogen and oxygen atoms in total. The molecule has 1 aliphatic rings. The minimum Gasteiger partial charge on any atom is -0.465 e. The Labute approximate surface area is 112 Å². The first-order valence-corrected chi connectivity index (χ1v) is 6.47. The van der Waals surface area contributed by atoms with E-state index in [0.29, 0.717) is 13.0 Å². The second-order valence-corrected chi connectivity index (χ2v) is 4.48. The molecule has 0 saturated carbocycles. The molecule has 0 spiro atoms. The first kappa shape index (κ1) is 15.6. The van der Waals surface area contributed by atoms with Gasteiger partial charge >= 0.3 is 11.9 Å². The molecule has 0 aromatic carbocycles. The van der Waals surface area contributed by atoms with E-state index < -0.39 is 29.2 Å². The van der Waals surface area contributed by atoms with Gasteiger partial charge < -0.3 is 14.2 Å². The fraction of sp³-hybridized carbons (Fsp3) is 0.769. The van der Waals surface area contributed by atoms with Gasteiger partial charge in [0, 0.05) is 6.61 Å². The summed E-state index contributed by atoms with van der Waals surface area (Å²) >= 11 is 0. The Morgan fingerprint density at radius 1 is 1.16 bits per heavy atom. The maximum absolute atomic E-state index is 12.4. The average Bonchev–Trinajstić information content (AvgIpc) is 2.78. The predicted octanol–water partition coefficient (Wildman–Crippen LogP) is 0.867. The van der Waals surface area contributed by atoms with Crippen molar-refractivity contribution in [1.82, 2.24) is 0 Å². The number of ketones is 1. The lowest BCUT2D eigenvalue weighted by Crippen LogP contribution is -2.46. The summed E-state index contributed by atoms with van der Waals surface area (Å²) in [6, 6.07) is 0. The standard InChI is InChI=1S/C13H20O6/c1-4-17-11(15)9(12(16)18-5-2)10(14)13(3)7-6-8-19-13/h9H,4-8H2,1-3H3. The summed E-state index contributed by atoms with van der Waals surface area (Å²) in [6.45, 7) is 5.45. The van der Waals surface area contributed by atoms with E-state index >= 15 is 0 Å². The van der Waals surface area contributed by atoms with Crippen LogP contribution in [0.3, 0.4) is 0 Å². The summed E-state index contributed by atoms with van der Waals surface area (Å²) in [5.74, 6) is -3.88. The maximum Gasteiger partial charge on any atom is 0.328 e. The van der Waals surface area contributed by atoms with Crippen molar-refractivity contribution in [3.05, 3.63) is 0 Å². The summed E-state index contributed by atoms with van der Waals surface area (Å²) in [5.41, 5.74) is -1.11. The molecular formula is C13H20O6. The van der Waals surface area contributed by atoms with E-state index in [1.54, 1.807) is 20.8 Å². The van der Waals surface area contributed by atoms with Crippen molar-refractivity contribution in [3.8, 4) is 0 Å². The molecule has 1 heterocycles. The van der Waals surface area contributed by atoms with Crippen molar-refractivity contribution in [2.24, 2.45) is 5.92 Å². The molecule has 1 atom stereocenters.